The van der Waals surface area contributed by atoms with Crippen molar-refractivity contribution in [2.75, 3.05) is 18.4 Å². The average molecular weight is 250 g/mol. The zero-order valence-electron chi connectivity index (χ0n) is 11.2. The summed E-state index contributed by atoms with van der Waals surface area (Å²) in [6.45, 7) is 6.50. The maximum atomic E-state index is 11.6. The number of rotatable bonds is 6. The minimum atomic E-state index is -0.420. The topological polar surface area (TPSA) is 61.4 Å². The molecule has 1 rings (SSSR count). The van der Waals surface area contributed by atoms with Gasteiger partial charge in [0.2, 0.25) is 5.91 Å². The van der Waals surface area contributed by atoms with Crippen LogP contribution >= 0.6 is 0 Å². The summed E-state index contributed by atoms with van der Waals surface area (Å²) in [7, 11) is 0. The highest BCUT2D eigenvalue weighted by Gasteiger charge is 2.09. The number of benzene rings is 1. The summed E-state index contributed by atoms with van der Waals surface area (Å²) < 4.78 is 0. The SMILES string of the molecule is Cc1cccc(NC(=O)CNCC(O)C(C)C)c1. The lowest BCUT2D eigenvalue weighted by Gasteiger charge is -2.14. The van der Waals surface area contributed by atoms with Crippen LogP contribution in [0.15, 0.2) is 24.3 Å². The van der Waals surface area contributed by atoms with E-state index in [1.54, 1.807) is 0 Å². The summed E-state index contributed by atoms with van der Waals surface area (Å²) in [5, 5.41) is 15.3. The Labute approximate surface area is 108 Å². The minimum absolute atomic E-state index is 0.100. The molecule has 1 aromatic carbocycles. The molecule has 1 atom stereocenters. The fourth-order valence-corrected chi connectivity index (χ4v) is 1.50. The van der Waals surface area contributed by atoms with Gasteiger partial charge in [-0.3, -0.25) is 4.79 Å². The molecular formula is C14H22N2O2. The quantitative estimate of drug-likeness (QED) is 0.717. The van der Waals surface area contributed by atoms with Gasteiger partial charge in [0.05, 0.1) is 12.6 Å². The average Bonchev–Trinajstić information content (AvgIpc) is 2.28. The Morgan fingerprint density at radius 2 is 2.11 bits per heavy atom. The van der Waals surface area contributed by atoms with Crippen LogP contribution in [0.5, 0.6) is 0 Å². The van der Waals surface area contributed by atoms with E-state index in [0.29, 0.717) is 6.54 Å². The molecule has 0 fully saturated rings. The number of hydrogen-bond acceptors (Lipinski definition) is 3. The lowest BCUT2D eigenvalue weighted by molar-refractivity contribution is -0.115. The van der Waals surface area contributed by atoms with Crippen LogP contribution in [-0.4, -0.2) is 30.2 Å². The van der Waals surface area contributed by atoms with Crippen molar-refractivity contribution < 1.29 is 9.90 Å². The van der Waals surface area contributed by atoms with Crippen molar-refractivity contribution in [1.82, 2.24) is 5.32 Å². The van der Waals surface area contributed by atoms with Crippen molar-refractivity contribution in [3.8, 4) is 0 Å². The molecule has 0 saturated carbocycles. The van der Waals surface area contributed by atoms with Gasteiger partial charge in [0, 0.05) is 12.2 Å². The second-order valence-electron chi connectivity index (χ2n) is 4.86. The molecule has 0 radical (unpaired) electrons. The molecule has 0 aromatic heterocycles. The highest BCUT2D eigenvalue weighted by molar-refractivity contribution is 5.92. The van der Waals surface area contributed by atoms with Crippen molar-refractivity contribution in [1.29, 1.82) is 0 Å². The second-order valence-corrected chi connectivity index (χ2v) is 4.86. The molecule has 0 heterocycles. The number of aryl methyl sites for hydroxylation is 1. The molecule has 0 bridgehead atoms. The number of amides is 1. The maximum Gasteiger partial charge on any atom is 0.238 e. The normalized spacial score (nSPS) is 12.5. The van der Waals surface area contributed by atoms with E-state index >= 15 is 0 Å². The molecule has 4 heteroatoms. The zero-order valence-corrected chi connectivity index (χ0v) is 11.2. The highest BCUT2D eigenvalue weighted by atomic mass is 16.3. The number of hydrogen-bond donors (Lipinski definition) is 3. The van der Waals surface area contributed by atoms with E-state index in [2.05, 4.69) is 10.6 Å². The van der Waals surface area contributed by atoms with E-state index in [1.807, 2.05) is 45.0 Å². The van der Waals surface area contributed by atoms with Crippen molar-refractivity contribution >= 4 is 11.6 Å². The second kappa shape index (κ2) is 7.13. The van der Waals surface area contributed by atoms with Gasteiger partial charge in [0.1, 0.15) is 0 Å². The lowest BCUT2D eigenvalue weighted by atomic mass is 10.1. The molecular weight excluding hydrogens is 228 g/mol. The first-order valence-electron chi connectivity index (χ1n) is 6.24. The van der Waals surface area contributed by atoms with E-state index in [4.69, 9.17) is 0 Å². The summed E-state index contributed by atoms with van der Waals surface area (Å²) in [5.74, 6) is 0.0916. The predicted octanol–water partition coefficient (Wildman–Crippen LogP) is 1.54. The third-order valence-electron chi connectivity index (χ3n) is 2.71. The van der Waals surface area contributed by atoms with Crippen LogP contribution in [0.4, 0.5) is 5.69 Å². The Morgan fingerprint density at radius 3 is 2.72 bits per heavy atom. The summed E-state index contributed by atoms with van der Waals surface area (Å²) in [5.41, 5.74) is 1.90. The standard InChI is InChI=1S/C14H22N2O2/c1-10(2)13(17)8-15-9-14(18)16-12-6-4-5-11(3)7-12/h4-7,10,13,15,17H,8-9H2,1-3H3,(H,16,18). The Morgan fingerprint density at radius 1 is 1.39 bits per heavy atom. The van der Waals surface area contributed by atoms with Gasteiger partial charge >= 0.3 is 0 Å². The molecule has 0 spiro atoms. The molecule has 18 heavy (non-hydrogen) atoms. The first-order valence-corrected chi connectivity index (χ1v) is 6.24. The van der Waals surface area contributed by atoms with E-state index in [9.17, 15) is 9.90 Å². The Bertz CT molecular complexity index is 391. The fourth-order valence-electron chi connectivity index (χ4n) is 1.50. The first-order chi connectivity index (χ1) is 8.49. The number of carbonyl (C=O) groups excluding carboxylic acids is 1. The van der Waals surface area contributed by atoms with E-state index in [0.717, 1.165) is 11.3 Å². The summed E-state index contributed by atoms with van der Waals surface area (Å²) in [6, 6.07) is 7.66. The van der Waals surface area contributed by atoms with Gasteiger partial charge in [-0.2, -0.15) is 0 Å². The molecule has 0 aliphatic heterocycles. The van der Waals surface area contributed by atoms with Crippen LogP contribution in [0.1, 0.15) is 19.4 Å². The van der Waals surface area contributed by atoms with Crippen LogP contribution in [0.3, 0.4) is 0 Å². The van der Waals surface area contributed by atoms with Crippen LogP contribution in [-0.2, 0) is 4.79 Å². The molecule has 1 amide bonds. The van der Waals surface area contributed by atoms with Crippen molar-refractivity contribution in [3.05, 3.63) is 29.8 Å². The van der Waals surface area contributed by atoms with Gasteiger partial charge in [-0.05, 0) is 30.5 Å². The summed E-state index contributed by atoms with van der Waals surface area (Å²) >= 11 is 0. The maximum absolute atomic E-state index is 11.6. The van der Waals surface area contributed by atoms with Crippen LogP contribution in [0.2, 0.25) is 0 Å². The third-order valence-corrected chi connectivity index (χ3v) is 2.71. The molecule has 1 unspecified atom stereocenters. The molecule has 0 aliphatic rings. The molecule has 100 valence electrons. The van der Waals surface area contributed by atoms with Gasteiger partial charge < -0.3 is 15.7 Å². The number of aliphatic hydroxyl groups excluding tert-OH is 1. The van der Waals surface area contributed by atoms with Gasteiger partial charge in [-0.25, -0.2) is 0 Å². The number of carbonyl (C=O) groups is 1. The number of anilines is 1. The largest absolute Gasteiger partial charge is 0.392 e. The van der Waals surface area contributed by atoms with Crippen LogP contribution < -0.4 is 10.6 Å². The molecule has 0 saturated heterocycles. The molecule has 0 aliphatic carbocycles. The third kappa shape index (κ3) is 5.29. The van der Waals surface area contributed by atoms with Gasteiger partial charge in [-0.1, -0.05) is 26.0 Å². The van der Waals surface area contributed by atoms with Gasteiger partial charge in [0.25, 0.3) is 0 Å². The Hall–Kier alpha value is -1.39. The van der Waals surface area contributed by atoms with Crippen molar-refractivity contribution in [2.24, 2.45) is 5.92 Å². The number of aliphatic hydroxyl groups is 1. The Kier molecular flexibility index (Phi) is 5.82. The van der Waals surface area contributed by atoms with Gasteiger partial charge in [0.15, 0.2) is 0 Å². The van der Waals surface area contributed by atoms with E-state index < -0.39 is 6.10 Å². The zero-order chi connectivity index (χ0) is 13.5. The summed E-state index contributed by atoms with van der Waals surface area (Å²) in [4.78, 5) is 11.6. The van der Waals surface area contributed by atoms with E-state index in [1.165, 1.54) is 0 Å². The van der Waals surface area contributed by atoms with Crippen molar-refractivity contribution in [2.45, 2.75) is 26.9 Å². The predicted molar refractivity (Wildman–Crippen MR) is 73.5 cm³/mol. The molecule has 3 N–H and O–H groups in total. The smallest absolute Gasteiger partial charge is 0.238 e. The number of nitrogens with one attached hydrogen (secondary N) is 2. The fraction of sp³-hybridized carbons (Fsp3) is 0.500. The van der Waals surface area contributed by atoms with Crippen molar-refractivity contribution in [3.63, 3.8) is 0 Å². The Balaban J connectivity index is 2.30. The first kappa shape index (κ1) is 14.7. The lowest BCUT2D eigenvalue weighted by Crippen LogP contribution is -2.35. The molecule has 4 nitrogen and oxygen atoms in total. The minimum Gasteiger partial charge on any atom is -0.392 e. The molecule has 1 aromatic rings. The van der Waals surface area contributed by atoms with Crippen LogP contribution in [0, 0.1) is 12.8 Å². The summed E-state index contributed by atoms with van der Waals surface area (Å²) in [6.07, 6.45) is -0.420. The van der Waals surface area contributed by atoms with E-state index in [-0.39, 0.29) is 18.4 Å². The van der Waals surface area contributed by atoms with Crippen LogP contribution in [0.25, 0.3) is 0 Å². The monoisotopic (exact) mass is 250 g/mol. The van der Waals surface area contributed by atoms with Gasteiger partial charge in [-0.15, -0.1) is 0 Å². The highest BCUT2D eigenvalue weighted by Crippen LogP contribution is 2.08.